The highest BCUT2D eigenvalue weighted by molar-refractivity contribution is 7.91. The minimum Gasteiger partial charge on any atom is -0.339 e. The van der Waals surface area contributed by atoms with Crippen molar-refractivity contribution in [2.24, 2.45) is 0 Å². The molecule has 0 saturated carbocycles. The molecule has 1 N–H and O–H groups in total. The standard InChI is InChI=1S/C22H19N5O2S2/c1-3-15-6-10-17(11-7-15)31(28,29)22-21-24-20(23-16-8-4-14(2)5-9-16)19-18(12-13-30-19)27(21)26-25-22/h4-13H,3H2,1-2H3,(H,23,24). The molecular formula is C22H19N5O2S2. The SMILES string of the molecule is CCc1ccc(S(=O)(=O)c2nnn3c2nc(Nc2ccc(C)cc2)c2sccc23)cc1. The normalized spacial score (nSPS) is 11.9. The number of benzene rings is 2. The third-order valence-corrected chi connectivity index (χ3v) is 7.71. The maximum atomic E-state index is 13.3. The Hall–Kier alpha value is -3.30. The molecule has 0 bridgehead atoms. The highest BCUT2D eigenvalue weighted by Crippen LogP contribution is 2.32. The first-order valence-corrected chi connectivity index (χ1v) is 12.1. The molecule has 156 valence electrons. The third kappa shape index (κ3) is 3.35. The molecule has 9 heteroatoms. The average Bonchev–Trinajstić information content (AvgIpc) is 3.43. The van der Waals surface area contributed by atoms with Crippen LogP contribution in [-0.4, -0.2) is 28.2 Å². The number of hydrogen-bond acceptors (Lipinski definition) is 7. The Labute approximate surface area is 183 Å². The van der Waals surface area contributed by atoms with Gasteiger partial charge >= 0.3 is 0 Å². The average molecular weight is 450 g/mol. The topological polar surface area (TPSA) is 89.2 Å². The summed E-state index contributed by atoms with van der Waals surface area (Å²) >= 11 is 1.51. The lowest BCUT2D eigenvalue weighted by atomic mass is 10.2. The molecule has 0 saturated heterocycles. The van der Waals surface area contributed by atoms with Gasteiger partial charge in [-0.1, -0.05) is 42.0 Å². The highest BCUT2D eigenvalue weighted by atomic mass is 32.2. The quantitative estimate of drug-likeness (QED) is 0.415. The Morgan fingerprint density at radius 3 is 2.48 bits per heavy atom. The van der Waals surface area contributed by atoms with Crippen molar-refractivity contribution < 1.29 is 8.42 Å². The molecule has 7 nitrogen and oxygen atoms in total. The second kappa shape index (κ2) is 7.44. The van der Waals surface area contributed by atoms with Crippen LogP contribution in [0.5, 0.6) is 0 Å². The van der Waals surface area contributed by atoms with Gasteiger partial charge in [-0.25, -0.2) is 13.4 Å². The molecule has 0 spiro atoms. The van der Waals surface area contributed by atoms with Crippen LogP contribution in [0.3, 0.4) is 0 Å². The van der Waals surface area contributed by atoms with Crippen LogP contribution in [0.25, 0.3) is 15.9 Å². The van der Waals surface area contributed by atoms with Crippen molar-refractivity contribution in [1.82, 2.24) is 19.8 Å². The number of nitrogens with zero attached hydrogens (tertiary/aromatic N) is 4. The van der Waals surface area contributed by atoms with Crippen LogP contribution in [0.1, 0.15) is 18.1 Å². The number of anilines is 2. The summed E-state index contributed by atoms with van der Waals surface area (Å²) in [7, 11) is -3.88. The van der Waals surface area contributed by atoms with Crippen molar-refractivity contribution >= 4 is 48.5 Å². The lowest BCUT2D eigenvalue weighted by molar-refractivity contribution is 0.592. The van der Waals surface area contributed by atoms with Gasteiger partial charge in [0.2, 0.25) is 14.9 Å². The second-order valence-electron chi connectivity index (χ2n) is 7.22. The first-order valence-electron chi connectivity index (χ1n) is 9.77. The number of thiophene rings is 1. The fourth-order valence-corrected chi connectivity index (χ4v) is 5.42. The molecule has 0 aliphatic heterocycles. The lowest BCUT2D eigenvalue weighted by Gasteiger charge is -2.09. The summed E-state index contributed by atoms with van der Waals surface area (Å²) in [5, 5.41) is 13.2. The summed E-state index contributed by atoms with van der Waals surface area (Å²) in [6.07, 6.45) is 0.834. The highest BCUT2D eigenvalue weighted by Gasteiger charge is 2.27. The fraction of sp³-hybridized carbons (Fsp3) is 0.136. The summed E-state index contributed by atoms with van der Waals surface area (Å²) in [6, 6.07) is 16.6. The van der Waals surface area contributed by atoms with Crippen molar-refractivity contribution in [3.05, 3.63) is 71.1 Å². The Morgan fingerprint density at radius 2 is 1.77 bits per heavy atom. The molecule has 3 aromatic heterocycles. The molecule has 0 fully saturated rings. The van der Waals surface area contributed by atoms with Crippen LogP contribution >= 0.6 is 11.3 Å². The molecule has 2 aromatic carbocycles. The van der Waals surface area contributed by atoms with E-state index in [1.165, 1.54) is 15.9 Å². The Morgan fingerprint density at radius 1 is 1.03 bits per heavy atom. The van der Waals surface area contributed by atoms with E-state index in [2.05, 4.69) is 20.6 Å². The van der Waals surface area contributed by atoms with E-state index in [9.17, 15) is 8.42 Å². The molecule has 31 heavy (non-hydrogen) atoms. The molecule has 0 unspecified atom stereocenters. The zero-order chi connectivity index (χ0) is 21.6. The summed E-state index contributed by atoms with van der Waals surface area (Å²) < 4.78 is 29.0. The first-order chi connectivity index (χ1) is 15.0. The summed E-state index contributed by atoms with van der Waals surface area (Å²) in [6.45, 7) is 4.04. The van der Waals surface area contributed by atoms with Gasteiger partial charge in [-0.15, -0.1) is 16.4 Å². The van der Waals surface area contributed by atoms with Crippen molar-refractivity contribution in [1.29, 1.82) is 0 Å². The molecular weight excluding hydrogens is 430 g/mol. The van der Waals surface area contributed by atoms with Gasteiger partial charge in [0.15, 0.2) is 11.5 Å². The van der Waals surface area contributed by atoms with E-state index in [4.69, 9.17) is 0 Å². The molecule has 0 amide bonds. The van der Waals surface area contributed by atoms with Gasteiger partial charge in [0, 0.05) is 5.69 Å². The number of fused-ring (bicyclic) bond motifs is 3. The van der Waals surface area contributed by atoms with Gasteiger partial charge in [-0.3, -0.25) is 0 Å². The predicted molar refractivity (Wildman–Crippen MR) is 122 cm³/mol. The van der Waals surface area contributed by atoms with E-state index in [0.29, 0.717) is 5.82 Å². The van der Waals surface area contributed by atoms with Gasteiger partial charge in [0.1, 0.15) is 0 Å². The summed E-state index contributed by atoms with van der Waals surface area (Å²) in [5.41, 5.74) is 4.02. The smallest absolute Gasteiger partial charge is 0.229 e. The molecule has 0 atom stereocenters. The van der Waals surface area contributed by atoms with E-state index in [1.807, 2.05) is 61.7 Å². The van der Waals surface area contributed by atoms with E-state index >= 15 is 0 Å². The van der Waals surface area contributed by atoms with E-state index < -0.39 is 9.84 Å². The van der Waals surface area contributed by atoms with E-state index in [-0.39, 0.29) is 15.6 Å². The Bertz CT molecular complexity index is 1500. The van der Waals surface area contributed by atoms with Crippen molar-refractivity contribution in [3.63, 3.8) is 0 Å². The number of sulfone groups is 1. The monoisotopic (exact) mass is 449 g/mol. The number of rotatable bonds is 5. The fourth-order valence-electron chi connectivity index (χ4n) is 3.37. The largest absolute Gasteiger partial charge is 0.339 e. The summed E-state index contributed by atoms with van der Waals surface area (Å²) in [5.74, 6) is 0.571. The number of nitrogens with one attached hydrogen (secondary N) is 1. The molecule has 0 aliphatic carbocycles. The summed E-state index contributed by atoms with van der Waals surface area (Å²) in [4.78, 5) is 4.81. The van der Waals surface area contributed by atoms with Crippen LogP contribution in [0.15, 0.2) is 69.9 Å². The third-order valence-electron chi connectivity index (χ3n) is 5.13. The molecule has 5 aromatic rings. The van der Waals surface area contributed by atoms with Crippen LogP contribution < -0.4 is 5.32 Å². The predicted octanol–water partition coefficient (Wildman–Crippen LogP) is 4.79. The van der Waals surface area contributed by atoms with Crippen molar-refractivity contribution in [2.45, 2.75) is 30.2 Å². The Kier molecular flexibility index (Phi) is 4.71. The maximum Gasteiger partial charge on any atom is 0.229 e. The van der Waals surface area contributed by atoms with Gasteiger partial charge in [0.05, 0.1) is 15.1 Å². The maximum absolute atomic E-state index is 13.3. The van der Waals surface area contributed by atoms with Gasteiger partial charge in [-0.05, 0) is 54.6 Å². The molecule has 0 aliphatic rings. The van der Waals surface area contributed by atoms with Gasteiger partial charge < -0.3 is 5.32 Å². The Balaban J connectivity index is 1.67. The zero-order valence-corrected chi connectivity index (χ0v) is 18.5. The molecule has 0 radical (unpaired) electrons. The lowest BCUT2D eigenvalue weighted by Crippen LogP contribution is -2.05. The van der Waals surface area contributed by atoms with Crippen molar-refractivity contribution in [3.8, 4) is 0 Å². The van der Waals surface area contributed by atoms with Gasteiger partial charge in [0.25, 0.3) is 0 Å². The molecule has 5 rings (SSSR count). The number of aromatic nitrogens is 4. The number of aryl methyl sites for hydroxylation is 2. The van der Waals surface area contributed by atoms with E-state index in [1.54, 1.807) is 12.1 Å². The van der Waals surface area contributed by atoms with Crippen LogP contribution in [-0.2, 0) is 16.3 Å². The number of hydrogen-bond donors (Lipinski definition) is 1. The van der Waals surface area contributed by atoms with Crippen LogP contribution in [0.2, 0.25) is 0 Å². The van der Waals surface area contributed by atoms with E-state index in [0.717, 1.165) is 33.5 Å². The van der Waals surface area contributed by atoms with Gasteiger partial charge in [-0.2, -0.15) is 4.52 Å². The zero-order valence-electron chi connectivity index (χ0n) is 16.9. The first kappa shape index (κ1) is 19.7. The minimum absolute atomic E-state index is 0.156. The van der Waals surface area contributed by atoms with Crippen LogP contribution in [0.4, 0.5) is 11.5 Å². The minimum atomic E-state index is -3.88. The van der Waals surface area contributed by atoms with Crippen LogP contribution in [0, 0.1) is 6.92 Å². The van der Waals surface area contributed by atoms with Crippen molar-refractivity contribution in [2.75, 3.05) is 5.32 Å². The second-order valence-corrected chi connectivity index (χ2v) is 10.00. The molecule has 3 heterocycles.